The van der Waals surface area contributed by atoms with Crippen LogP contribution in [-0.2, 0) is 6.42 Å². The number of fused-ring (bicyclic) bond motifs is 2. The van der Waals surface area contributed by atoms with Gasteiger partial charge in [-0.2, -0.15) is 0 Å². The molecule has 3 heteroatoms. The first-order valence-electron chi connectivity index (χ1n) is 8.29. The zero-order chi connectivity index (χ0) is 15.2. The molecule has 1 aliphatic carbocycles. The largest absolute Gasteiger partial charge is 0.261 e. The summed E-state index contributed by atoms with van der Waals surface area (Å²) in [4.78, 5) is 13.9. The van der Waals surface area contributed by atoms with Crippen LogP contribution in [0.1, 0.15) is 36.1 Å². The lowest BCUT2D eigenvalue weighted by Gasteiger charge is -2.14. The molecule has 23 heavy (non-hydrogen) atoms. The Hall–Kier alpha value is -2.55. The second kappa shape index (κ2) is 4.98. The minimum absolute atomic E-state index is 0.479. The lowest BCUT2D eigenvalue weighted by atomic mass is 9.89. The molecule has 3 nitrogen and oxygen atoms in total. The maximum atomic E-state index is 4.97. The first-order chi connectivity index (χ1) is 11.4. The van der Waals surface area contributed by atoms with Crippen LogP contribution in [0.2, 0.25) is 0 Å². The topological polar surface area (TPSA) is 37.6 Å². The molecule has 0 saturated heterocycles. The number of hydrogen-bond acceptors (Lipinski definition) is 3. The molecule has 2 aliphatic heterocycles. The minimum Gasteiger partial charge on any atom is -0.261 e. The number of aliphatic imine (C=N–C) groups is 2. The van der Waals surface area contributed by atoms with Crippen LogP contribution in [0.15, 0.2) is 52.6 Å². The highest BCUT2D eigenvalue weighted by Crippen LogP contribution is 2.46. The molecule has 3 aliphatic rings. The molecule has 1 aromatic carbocycles. The molecule has 1 fully saturated rings. The molecular formula is C20H17N3. The van der Waals surface area contributed by atoms with Gasteiger partial charge in [-0.3, -0.25) is 15.0 Å². The fourth-order valence-electron chi connectivity index (χ4n) is 3.96. The quantitative estimate of drug-likeness (QED) is 0.806. The summed E-state index contributed by atoms with van der Waals surface area (Å²) in [7, 11) is 0. The van der Waals surface area contributed by atoms with E-state index in [0.717, 1.165) is 29.9 Å². The summed E-state index contributed by atoms with van der Waals surface area (Å²) < 4.78 is 0. The molecule has 1 saturated carbocycles. The third kappa shape index (κ3) is 2.00. The van der Waals surface area contributed by atoms with Crippen LogP contribution in [0.3, 0.4) is 0 Å². The van der Waals surface area contributed by atoms with E-state index < -0.39 is 0 Å². The first kappa shape index (κ1) is 12.9. The van der Waals surface area contributed by atoms with Gasteiger partial charge in [-0.25, -0.2) is 0 Å². The number of aromatic nitrogens is 1. The summed E-state index contributed by atoms with van der Waals surface area (Å²) in [6.07, 6.45) is 8.36. The summed E-state index contributed by atoms with van der Waals surface area (Å²) in [5, 5.41) is 0. The van der Waals surface area contributed by atoms with Gasteiger partial charge in [0.05, 0.1) is 17.1 Å². The van der Waals surface area contributed by atoms with Crippen LogP contribution < -0.4 is 0 Å². The van der Waals surface area contributed by atoms with Crippen LogP contribution in [0.25, 0.3) is 11.3 Å². The van der Waals surface area contributed by atoms with Crippen molar-refractivity contribution in [1.82, 2.24) is 4.98 Å². The zero-order valence-electron chi connectivity index (χ0n) is 12.9. The summed E-state index contributed by atoms with van der Waals surface area (Å²) >= 11 is 0. The van der Waals surface area contributed by atoms with Gasteiger partial charge >= 0.3 is 0 Å². The van der Waals surface area contributed by atoms with Crippen LogP contribution in [0, 0.1) is 5.92 Å². The van der Waals surface area contributed by atoms with Gasteiger partial charge < -0.3 is 0 Å². The number of nitrogens with zero attached hydrogens (tertiary/aromatic N) is 3. The Morgan fingerprint density at radius 3 is 3.00 bits per heavy atom. The standard InChI is InChI=1S/C20H17N3/c1-2-10-21-18(5-1)20-19(15-4-3-6-17(15)23-20)14-7-8-16-13(12-14)9-11-22-16/h1-2,5,7-8,10-12,15H,3-4,6,9H2. The van der Waals surface area contributed by atoms with Gasteiger partial charge in [0.15, 0.2) is 0 Å². The van der Waals surface area contributed by atoms with E-state index in [4.69, 9.17) is 4.99 Å². The molecule has 1 atom stereocenters. The van der Waals surface area contributed by atoms with Gasteiger partial charge in [0.2, 0.25) is 0 Å². The Bertz CT molecular complexity index is 875. The SMILES string of the molecule is C1=Nc2ccc(C3=C(c4ccccn4)N=C4CCCC43)cc2C1. The van der Waals surface area contributed by atoms with E-state index in [1.807, 2.05) is 24.5 Å². The first-order valence-corrected chi connectivity index (χ1v) is 8.29. The molecule has 0 amide bonds. The third-order valence-electron chi connectivity index (χ3n) is 5.03. The number of hydrogen-bond donors (Lipinski definition) is 0. The fourth-order valence-corrected chi connectivity index (χ4v) is 3.96. The molecule has 0 radical (unpaired) electrons. The van der Waals surface area contributed by atoms with Gasteiger partial charge in [-0.05, 0) is 60.2 Å². The maximum Gasteiger partial charge on any atom is 0.0930 e. The lowest BCUT2D eigenvalue weighted by molar-refractivity contribution is 0.802. The molecule has 2 aromatic rings. The average Bonchev–Trinajstić information content (AvgIpc) is 3.30. The van der Waals surface area contributed by atoms with Gasteiger partial charge in [0.1, 0.15) is 0 Å². The van der Waals surface area contributed by atoms with Crippen LogP contribution in [0.5, 0.6) is 0 Å². The van der Waals surface area contributed by atoms with Crippen molar-refractivity contribution in [3.8, 4) is 0 Å². The van der Waals surface area contributed by atoms with E-state index in [1.165, 1.54) is 35.3 Å². The molecule has 0 bridgehead atoms. The molecular weight excluding hydrogens is 282 g/mol. The van der Waals surface area contributed by atoms with Crippen molar-refractivity contribution in [1.29, 1.82) is 0 Å². The monoisotopic (exact) mass is 299 g/mol. The summed E-state index contributed by atoms with van der Waals surface area (Å²) in [5.74, 6) is 0.479. The Morgan fingerprint density at radius 1 is 1.09 bits per heavy atom. The Labute approximate surface area is 135 Å². The number of allylic oxidation sites excluding steroid dienone is 1. The number of pyridine rings is 1. The van der Waals surface area contributed by atoms with Gasteiger partial charge in [-0.1, -0.05) is 12.1 Å². The Morgan fingerprint density at radius 2 is 2.09 bits per heavy atom. The summed E-state index contributed by atoms with van der Waals surface area (Å²) in [6.45, 7) is 0. The highest BCUT2D eigenvalue weighted by atomic mass is 14.9. The average molecular weight is 299 g/mol. The van der Waals surface area contributed by atoms with Crippen LogP contribution >= 0.6 is 0 Å². The zero-order valence-corrected chi connectivity index (χ0v) is 12.9. The Balaban J connectivity index is 1.68. The van der Waals surface area contributed by atoms with Gasteiger partial charge in [0.25, 0.3) is 0 Å². The molecule has 5 rings (SSSR count). The van der Waals surface area contributed by atoms with Crippen molar-refractivity contribution in [3.63, 3.8) is 0 Å². The second-order valence-corrected chi connectivity index (χ2v) is 6.38. The van der Waals surface area contributed by atoms with Crippen molar-refractivity contribution in [2.24, 2.45) is 15.9 Å². The smallest absolute Gasteiger partial charge is 0.0930 e. The molecule has 0 N–H and O–H groups in total. The maximum absolute atomic E-state index is 4.97. The van der Waals surface area contributed by atoms with Crippen molar-refractivity contribution >= 4 is 28.9 Å². The summed E-state index contributed by atoms with van der Waals surface area (Å²) in [5.41, 5.74) is 8.50. The highest BCUT2D eigenvalue weighted by Gasteiger charge is 2.35. The lowest BCUT2D eigenvalue weighted by Crippen LogP contribution is -2.05. The Kier molecular flexibility index (Phi) is 2.80. The van der Waals surface area contributed by atoms with E-state index in [2.05, 4.69) is 34.2 Å². The van der Waals surface area contributed by atoms with Gasteiger partial charge in [0, 0.05) is 30.5 Å². The van der Waals surface area contributed by atoms with Crippen molar-refractivity contribution in [2.45, 2.75) is 25.7 Å². The van der Waals surface area contributed by atoms with Crippen molar-refractivity contribution < 1.29 is 0 Å². The van der Waals surface area contributed by atoms with Crippen molar-refractivity contribution in [2.75, 3.05) is 0 Å². The summed E-state index contributed by atoms with van der Waals surface area (Å²) in [6, 6.07) is 12.7. The van der Waals surface area contributed by atoms with E-state index in [1.54, 1.807) is 0 Å². The predicted molar refractivity (Wildman–Crippen MR) is 94.1 cm³/mol. The number of rotatable bonds is 2. The molecule has 112 valence electrons. The number of benzene rings is 1. The molecule has 0 spiro atoms. The molecule has 1 aromatic heterocycles. The third-order valence-corrected chi connectivity index (χ3v) is 5.03. The van der Waals surface area contributed by atoms with Crippen molar-refractivity contribution in [3.05, 3.63) is 59.4 Å². The molecule has 3 heterocycles. The van der Waals surface area contributed by atoms with E-state index >= 15 is 0 Å². The molecule has 1 unspecified atom stereocenters. The normalized spacial score (nSPS) is 21.6. The van der Waals surface area contributed by atoms with E-state index in [9.17, 15) is 0 Å². The predicted octanol–water partition coefficient (Wildman–Crippen LogP) is 4.46. The van der Waals surface area contributed by atoms with Gasteiger partial charge in [-0.15, -0.1) is 0 Å². The minimum atomic E-state index is 0.479. The van der Waals surface area contributed by atoms with E-state index in [0.29, 0.717) is 5.92 Å². The van der Waals surface area contributed by atoms with E-state index in [-0.39, 0.29) is 0 Å². The van der Waals surface area contributed by atoms with Crippen LogP contribution in [0.4, 0.5) is 5.69 Å². The second-order valence-electron chi connectivity index (χ2n) is 6.38. The fraction of sp³-hybridized carbons (Fsp3) is 0.250. The highest BCUT2D eigenvalue weighted by molar-refractivity contribution is 6.12. The van der Waals surface area contributed by atoms with Crippen LogP contribution in [-0.4, -0.2) is 16.9 Å².